The van der Waals surface area contributed by atoms with Crippen molar-refractivity contribution in [3.63, 3.8) is 0 Å². The zero-order valence-electron chi connectivity index (χ0n) is 16.2. The van der Waals surface area contributed by atoms with E-state index >= 15 is 0 Å². The molecule has 0 aromatic heterocycles. The van der Waals surface area contributed by atoms with Gasteiger partial charge in [-0.15, -0.1) is 0 Å². The predicted octanol–water partition coefficient (Wildman–Crippen LogP) is 5.47. The van der Waals surface area contributed by atoms with E-state index in [2.05, 4.69) is 13.3 Å². The maximum Gasteiger partial charge on any atom is 0.506 e. The van der Waals surface area contributed by atoms with Crippen molar-refractivity contribution >= 4 is 8.80 Å². The molecule has 0 aliphatic heterocycles. The minimum Gasteiger partial charge on any atom is -0.377 e. The van der Waals surface area contributed by atoms with Gasteiger partial charge in [0.2, 0.25) is 6.17 Å². The third-order valence-corrected chi connectivity index (χ3v) is 7.86. The van der Waals surface area contributed by atoms with Crippen molar-refractivity contribution in [1.82, 2.24) is 0 Å². The Hall–Kier alpha value is -0.813. The summed E-state index contributed by atoms with van der Waals surface area (Å²) >= 11 is 0. The lowest BCUT2D eigenvalue weighted by atomic mass is 9.90. The smallest absolute Gasteiger partial charge is 0.377 e. The molecule has 0 spiro atoms. The van der Waals surface area contributed by atoms with Gasteiger partial charge in [-0.05, 0) is 6.42 Å². The first-order valence-corrected chi connectivity index (χ1v) is 9.97. The summed E-state index contributed by atoms with van der Waals surface area (Å²) in [7, 11) is -2.47. The molecule has 0 aromatic carbocycles. The molecule has 0 saturated heterocycles. The first-order valence-electron chi connectivity index (χ1n) is 8.17. The molecule has 0 bridgehead atoms. The molecule has 0 aliphatic rings. The molecule has 188 valence electrons. The first-order chi connectivity index (χ1) is 13.8. The van der Waals surface area contributed by atoms with Crippen LogP contribution in [0, 0.1) is 0 Å². The van der Waals surface area contributed by atoms with Crippen LogP contribution in [0.3, 0.4) is 0 Å². The van der Waals surface area contributed by atoms with Gasteiger partial charge in [0.1, 0.15) is 0 Å². The van der Waals surface area contributed by atoms with Crippen molar-refractivity contribution in [3.05, 3.63) is 0 Å². The minimum atomic E-state index is -7.51. The Morgan fingerprint density at radius 1 is 0.645 bits per heavy atom. The fourth-order valence-electron chi connectivity index (χ4n) is 2.69. The van der Waals surface area contributed by atoms with Crippen molar-refractivity contribution in [1.29, 1.82) is 0 Å². The molecule has 4 atom stereocenters. The molecule has 0 saturated carbocycles. The van der Waals surface area contributed by atoms with Crippen LogP contribution in [0.2, 0.25) is 5.54 Å². The van der Waals surface area contributed by atoms with E-state index in [9.17, 15) is 57.1 Å². The Bertz CT molecular complexity index is 565. The second-order valence-electron chi connectivity index (χ2n) is 6.21. The van der Waals surface area contributed by atoms with Gasteiger partial charge in [-0.1, -0.05) is 6.92 Å². The summed E-state index contributed by atoms with van der Waals surface area (Å²) in [5.74, 6) is -28.7. The normalized spacial score (nSPS) is 18.8. The number of halogens is 13. The molecular weight excluding hydrogens is 491 g/mol. The molecule has 31 heavy (non-hydrogen) atoms. The average molecular weight is 510 g/mol. The third kappa shape index (κ3) is 4.78. The van der Waals surface area contributed by atoms with Crippen molar-refractivity contribution in [3.8, 4) is 0 Å². The Kier molecular flexibility index (Phi) is 9.72. The molecule has 0 fully saturated rings. The molecule has 0 N–H and O–H groups in total. The van der Waals surface area contributed by atoms with Crippen molar-refractivity contribution in [2.75, 3.05) is 21.3 Å². The second-order valence-corrected chi connectivity index (χ2v) is 9.38. The number of alkyl halides is 13. The lowest BCUT2D eigenvalue weighted by Crippen LogP contribution is -2.69. The minimum absolute atomic E-state index is 0.715. The lowest BCUT2D eigenvalue weighted by Gasteiger charge is -2.42. The van der Waals surface area contributed by atoms with Gasteiger partial charge in [-0.3, -0.25) is 0 Å². The molecule has 3 nitrogen and oxygen atoms in total. The SMILES string of the molecule is CCC(C(F)C(F)(F)C(F)(F)C(F)(F)C(F)(F)C(F)C(F)C(F)F)[Si](OC)(OC)OC. The Labute approximate surface area is 169 Å². The third-order valence-electron chi connectivity index (χ3n) is 4.55. The van der Waals surface area contributed by atoms with E-state index in [1.54, 1.807) is 0 Å². The standard InChI is InChI=1S/C14H19F13O3Si/c1-5-6(31(28-2,29-3)30-4)8(16)11(20,21)13(24,25)14(26,27)12(22,23)9(17)7(15)10(18)19/h6-10H,5H2,1-4H3. The van der Waals surface area contributed by atoms with E-state index < -0.39 is 69.4 Å². The van der Waals surface area contributed by atoms with Crippen LogP contribution < -0.4 is 0 Å². The molecule has 0 aromatic rings. The Balaban J connectivity index is 6.42. The predicted molar refractivity (Wildman–Crippen MR) is 81.3 cm³/mol. The van der Waals surface area contributed by atoms with E-state index in [1.807, 2.05) is 0 Å². The summed E-state index contributed by atoms with van der Waals surface area (Å²) in [5, 5.41) is 0. The molecule has 0 rings (SSSR count). The first kappa shape index (κ1) is 30.2. The number of hydrogen-bond donors (Lipinski definition) is 0. The van der Waals surface area contributed by atoms with Gasteiger partial charge < -0.3 is 13.3 Å². The van der Waals surface area contributed by atoms with Crippen molar-refractivity contribution in [2.45, 2.75) is 67.5 Å². The van der Waals surface area contributed by atoms with Crippen LogP contribution >= 0.6 is 0 Å². The number of hydrogen-bond acceptors (Lipinski definition) is 3. The molecule has 0 aliphatic carbocycles. The highest BCUT2D eigenvalue weighted by atomic mass is 28.4. The lowest BCUT2D eigenvalue weighted by molar-refractivity contribution is -0.387. The largest absolute Gasteiger partial charge is 0.506 e. The van der Waals surface area contributed by atoms with Gasteiger partial charge in [0.25, 0.3) is 6.43 Å². The van der Waals surface area contributed by atoms with Crippen LogP contribution in [0.1, 0.15) is 13.3 Å². The maximum atomic E-state index is 14.5. The van der Waals surface area contributed by atoms with Gasteiger partial charge in [0.05, 0.1) is 5.54 Å². The van der Waals surface area contributed by atoms with E-state index in [0.29, 0.717) is 21.3 Å². The van der Waals surface area contributed by atoms with E-state index in [4.69, 9.17) is 0 Å². The average Bonchev–Trinajstić information content (AvgIpc) is 2.69. The van der Waals surface area contributed by atoms with Gasteiger partial charge in [0, 0.05) is 21.3 Å². The molecule has 0 amide bonds. The van der Waals surface area contributed by atoms with E-state index in [0.717, 1.165) is 6.92 Å². The molecule has 0 heterocycles. The summed E-state index contributed by atoms with van der Waals surface area (Å²) in [4.78, 5) is 0. The van der Waals surface area contributed by atoms with Crippen molar-refractivity contribution < 1.29 is 70.4 Å². The monoisotopic (exact) mass is 510 g/mol. The van der Waals surface area contributed by atoms with Crippen LogP contribution in [-0.2, 0) is 13.3 Å². The summed E-state index contributed by atoms with van der Waals surface area (Å²) in [6.45, 7) is 0.894. The Morgan fingerprint density at radius 2 is 0.968 bits per heavy atom. The molecule has 0 radical (unpaired) electrons. The van der Waals surface area contributed by atoms with Gasteiger partial charge in [-0.25, -0.2) is 22.0 Å². The summed E-state index contributed by atoms with van der Waals surface area (Å²) in [6, 6.07) is 0. The molecular formula is C14H19F13O3Si. The zero-order valence-corrected chi connectivity index (χ0v) is 17.2. The highest BCUT2D eigenvalue weighted by Gasteiger charge is 2.85. The van der Waals surface area contributed by atoms with E-state index in [-0.39, 0.29) is 0 Å². The quantitative estimate of drug-likeness (QED) is 0.243. The summed E-state index contributed by atoms with van der Waals surface area (Å²) in [5.41, 5.74) is -2.52. The van der Waals surface area contributed by atoms with E-state index in [1.165, 1.54) is 0 Å². The van der Waals surface area contributed by atoms with Gasteiger partial charge in [-0.2, -0.15) is 35.1 Å². The van der Waals surface area contributed by atoms with Gasteiger partial charge >= 0.3 is 32.5 Å². The van der Waals surface area contributed by atoms with Gasteiger partial charge in [0.15, 0.2) is 12.3 Å². The fraction of sp³-hybridized carbons (Fsp3) is 1.00. The second kappa shape index (κ2) is 9.99. The van der Waals surface area contributed by atoms with Crippen LogP contribution in [0.15, 0.2) is 0 Å². The van der Waals surface area contributed by atoms with Crippen molar-refractivity contribution in [2.24, 2.45) is 0 Å². The summed E-state index contributed by atoms with van der Waals surface area (Å²) in [6.07, 6.45) is -20.0. The summed E-state index contributed by atoms with van der Waals surface area (Å²) < 4.78 is 189. The molecule has 17 heteroatoms. The van der Waals surface area contributed by atoms with Crippen LogP contribution in [0.25, 0.3) is 0 Å². The number of rotatable bonds is 13. The highest BCUT2D eigenvalue weighted by molar-refractivity contribution is 6.62. The molecule has 4 unspecified atom stereocenters. The van der Waals surface area contributed by atoms with Crippen LogP contribution in [-0.4, -0.2) is 78.8 Å². The van der Waals surface area contributed by atoms with Crippen LogP contribution in [0.5, 0.6) is 0 Å². The Morgan fingerprint density at radius 3 is 1.23 bits per heavy atom. The highest BCUT2D eigenvalue weighted by Crippen LogP contribution is 2.58. The van der Waals surface area contributed by atoms with Crippen LogP contribution in [0.4, 0.5) is 57.1 Å². The zero-order chi connectivity index (χ0) is 25.2. The fourth-order valence-corrected chi connectivity index (χ4v) is 5.16. The topological polar surface area (TPSA) is 27.7 Å². The maximum absolute atomic E-state index is 14.5.